The van der Waals surface area contributed by atoms with Crippen molar-refractivity contribution in [3.8, 4) is 0 Å². The van der Waals surface area contributed by atoms with Crippen LogP contribution in [0.3, 0.4) is 0 Å². The van der Waals surface area contributed by atoms with Gasteiger partial charge in [0.05, 0.1) is 0 Å². The van der Waals surface area contributed by atoms with E-state index in [-0.39, 0.29) is 23.1 Å². The Balaban J connectivity index is 1.57. The predicted octanol–water partition coefficient (Wildman–Crippen LogP) is 4.17. The molecular weight excluding hydrogens is 350 g/mol. The van der Waals surface area contributed by atoms with E-state index in [4.69, 9.17) is 0 Å². The Morgan fingerprint density at radius 1 is 0.857 bits per heavy atom. The molecule has 28 heavy (non-hydrogen) atoms. The van der Waals surface area contributed by atoms with E-state index in [9.17, 15) is 9.59 Å². The predicted molar refractivity (Wildman–Crippen MR) is 114 cm³/mol. The third-order valence-electron chi connectivity index (χ3n) is 5.13. The molecule has 0 spiro atoms. The van der Waals surface area contributed by atoms with Gasteiger partial charge in [-0.15, -0.1) is 0 Å². The lowest BCUT2D eigenvalue weighted by Crippen LogP contribution is -2.34. The van der Waals surface area contributed by atoms with Crippen LogP contribution in [0.25, 0.3) is 0 Å². The zero-order valence-electron chi connectivity index (χ0n) is 16.8. The van der Waals surface area contributed by atoms with Crippen molar-refractivity contribution in [2.24, 2.45) is 5.92 Å². The normalized spacial score (nSPS) is 15.1. The van der Waals surface area contributed by atoms with Gasteiger partial charge >= 0.3 is 0 Å². The molecule has 1 aliphatic rings. The summed E-state index contributed by atoms with van der Waals surface area (Å²) in [5, 5.41) is 9.13. The number of hydrogen-bond acceptors (Lipinski definition) is 3. The summed E-state index contributed by atoms with van der Waals surface area (Å²) in [4.78, 5) is 24.8. The van der Waals surface area contributed by atoms with E-state index in [1.54, 1.807) is 12.1 Å². The number of carbonyl (C=O) groups excluding carboxylic acids is 2. The molecule has 0 atom stereocenters. The van der Waals surface area contributed by atoms with Crippen LogP contribution in [-0.2, 0) is 10.2 Å². The molecule has 3 N–H and O–H groups in total. The fraction of sp³-hybridized carbons (Fsp3) is 0.391. The van der Waals surface area contributed by atoms with Gasteiger partial charge in [-0.25, -0.2) is 0 Å². The molecule has 1 saturated heterocycles. The largest absolute Gasteiger partial charge is 0.326 e. The maximum Gasteiger partial charge on any atom is 0.255 e. The van der Waals surface area contributed by atoms with Gasteiger partial charge in [0.2, 0.25) is 5.91 Å². The molecule has 2 aromatic carbocycles. The third kappa shape index (κ3) is 5.20. The average Bonchev–Trinajstić information content (AvgIpc) is 2.69. The Kier molecular flexibility index (Phi) is 6.15. The number of nitrogens with one attached hydrogen (secondary N) is 3. The first-order valence-electron chi connectivity index (χ1n) is 9.86. The smallest absolute Gasteiger partial charge is 0.255 e. The SMILES string of the molecule is CC(C)(C)c1ccc(C(=O)Nc2ccc(NC(=O)C3CCNCC3)cc2)cc1. The van der Waals surface area contributed by atoms with Crippen molar-refractivity contribution in [1.82, 2.24) is 5.32 Å². The van der Waals surface area contributed by atoms with Gasteiger partial charge in [0.1, 0.15) is 0 Å². The van der Waals surface area contributed by atoms with E-state index in [0.29, 0.717) is 11.3 Å². The van der Waals surface area contributed by atoms with Crippen molar-refractivity contribution in [2.75, 3.05) is 23.7 Å². The molecule has 1 heterocycles. The number of anilines is 2. The topological polar surface area (TPSA) is 70.2 Å². The van der Waals surface area contributed by atoms with Crippen LogP contribution in [0, 0.1) is 5.92 Å². The Bertz CT molecular complexity index is 814. The fourth-order valence-electron chi connectivity index (χ4n) is 3.29. The lowest BCUT2D eigenvalue weighted by Gasteiger charge is -2.21. The first-order valence-corrected chi connectivity index (χ1v) is 9.86. The van der Waals surface area contributed by atoms with E-state index < -0.39 is 0 Å². The fourth-order valence-corrected chi connectivity index (χ4v) is 3.29. The summed E-state index contributed by atoms with van der Waals surface area (Å²) in [7, 11) is 0. The van der Waals surface area contributed by atoms with E-state index in [1.165, 1.54) is 5.56 Å². The number of carbonyl (C=O) groups is 2. The van der Waals surface area contributed by atoms with Crippen molar-refractivity contribution in [3.63, 3.8) is 0 Å². The Morgan fingerprint density at radius 2 is 1.39 bits per heavy atom. The lowest BCUT2D eigenvalue weighted by molar-refractivity contribution is -0.120. The maximum atomic E-state index is 12.5. The number of benzene rings is 2. The summed E-state index contributed by atoms with van der Waals surface area (Å²) >= 11 is 0. The number of piperidine rings is 1. The molecular formula is C23H29N3O2. The standard InChI is InChI=1S/C23H29N3O2/c1-23(2,3)18-6-4-16(5-7-18)21(27)25-19-8-10-20(11-9-19)26-22(28)17-12-14-24-15-13-17/h4-11,17,24H,12-15H2,1-3H3,(H,25,27)(H,26,28). The summed E-state index contributed by atoms with van der Waals surface area (Å²) in [6.07, 6.45) is 1.74. The van der Waals surface area contributed by atoms with Crippen molar-refractivity contribution < 1.29 is 9.59 Å². The van der Waals surface area contributed by atoms with Gasteiger partial charge < -0.3 is 16.0 Å². The van der Waals surface area contributed by atoms with Gasteiger partial charge in [0.15, 0.2) is 0 Å². The molecule has 0 unspecified atom stereocenters. The summed E-state index contributed by atoms with van der Waals surface area (Å²) in [5.41, 5.74) is 3.32. The molecule has 2 aromatic rings. The van der Waals surface area contributed by atoms with Crippen molar-refractivity contribution in [3.05, 3.63) is 59.7 Å². The van der Waals surface area contributed by atoms with Crippen LogP contribution in [-0.4, -0.2) is 24.9 Å². The molecule has 0 bridgehead atoms. The third-order valence-corrected chi connectivity index (χ3v) is 5.13. The second-order valence-corrected chi connectivity index (χ2v) is 8.37. The van der Waals surface area contributed by atoms with Crippen LogP contribution < -0.4 is 16.0 Å². The van der Waals surface area contributed by atoms with Crippen LogP contribution in [0.4, 0.5) is 11.4 Å². The first kappa shape index (κ1) is 20.1. The van der Waals surface area contributed by atoms with Gasteiger partial charge in [-0.1, -0.05) is 32.9 Å². The summed E-state index contributed by atoms with van der Waals surface area (Å²) in [6, 6.07) is 14.9. The zero-order chi connectivity index (χ0) is 20.1. The second-order valence-electron chi connectivity index (χ2n) is 8.37. The van der Waals surface area contributed by atoms with E-state index in [0.717, 1.165) is 31.6 Å². The quantitative estimate of drug-likeness (QED) is 0.746. The molecule has 0 radical (unpaired) electrons. The van der Waals surface area contributed by atoms with Crippen LogP contribution in [0.15, 0.2) is 48.5 Å². The van der Waals surface area contributed by atoms with Crippen LogP contribution in [0.2, 0.25) is 0 Å². The zero-order valence-corrected chi connectivity index (χ0v) is 16.8. The number of amides is 2. The molecule has 1 aliphatic heterocycles. The van der Waals surface area contributed by atoms with Gasteiger partial charge in [0.25, 0.3) is 5.91 Å². The van der Waals surface area contributed by atoms with Crippen molar-refractivity contribution >= 4 is 23.2 Å². The van der Waals surface area contributed by atoms with Gasteiger partial charge in [-0.3, -0.25) is 9.59 Å². The van der Waals surface area contributed by atoms with Crippen LogP contribution >= 0.6 is 0 Å². The highest BCUT2D eigenvalue weighted by Crippen LogP contribution is 2.23. The van der Waals surface area contributed by atoms with Crippen LogP contribution in [0.5, 0.6) is 0 Å². The molecule has 5 nitrogen and oxygen atoms in total. The van der Waals surface area contributed by atoms with Gasteiger partial charge in [-0.05, 0) is 73.3 Å². The molecule has 0 aliphatic carbocycles. The van der Waals surface area contributed by atoms with E-state index in [1.807, 2.05) is 36.4 Å². The molecule has 0 saturated carbocycles. The Labute approximate surface area is 166 Å². The molecule has 2 amide bonds. The minimum atomic E-state index is -0.146. The van der Waals surface area contributed by atoms with Gasteiger partial charge in [-0.2, -0.15) is 0 Å². The maximum absolute atomic E-state index is 12.5. The molecule has 5 heteroatoms. The average molecular weight is 380 g/mol. The molecule has 0 aromatic heterocycles. The van der Waals surface area contributed by atoms with E-state index in [2.05, 4.69) is 36.7 Å². The molecule has 3 rings (SSSR count). The minimum Gasteiger partial charge on any atom is -0.326 e. The summed E-state index contributed by atoms with van der Waals surface area (Å²) in [5.74, 6) is -0.0131. The molecule has 148 valence electrons. The highest BCUT2D eigenvalue weighted by Gasteiger charge is 2.20. The molecule has 1 fully saturated rings. The lowest BCUT2D eigenvalue weighted by atomic mass is 9.87. The first-order chi connectivity index (χ1) is 13.3. The van der Waals surface area contributed by atoms with E-state index >= 15 is 0 Å². The Hall–Kier alpha value is -2.66. The summed E-state index contributed by atoms with van der Waals surface area (Å²) < 4.78 is 0. The second kappa shape index (κ2) is 8.57. The van der Waals surface area contributed by atoms with Gasteiger partial charge in [0, 0.05) is 22.9 Å². The number of rotatable bonds is 4. The number of hydrogen-bond donors (Lipinski definition) is 3. The van der Waals surface area contributed by atoms with Crippen molar-refractivity contribution in [2.45, 2.75) is 39.0 Å². The Morgan fingerprint density at radius 3 is 1.93 bits per heavy atom. The monoisotopic (exact) mass is 379 g/mol. The van der Waals surface area contributed by atoms with Crippen molar-refractivity contribution in [1.29, 1.82) is 0 Å². The highest BCUT2D eigenvalue weighted by molar-refractivity contribution is 6.04. The minimum absolute atomic E-state index is 0.0589. The summed E-state index contributed by atoms with van der Waals surface area (Å²) in [6.45, 7) is 8.22. The van der Waals surface area contributed by atoms with Crippen LogP contribution in [0.1, 0.15) is 49.5 Å². The highest BCUT2D eigenvalue weighted by atomic mass is 16.2.